The lowest BCUT2D eigenvalue weighted by molar-refractivity contribution is 0.219. The number of aryl methyl sites for hydroxylation is 1. The van der Waals surface area contributed by atoms with Gasteiger partial charge in [-0.15, -0.1) is 0 Å². The summed E-state index contributed by atoms with van der Waals surface area (Å²) in [5.74, 6) is 0.511. The van der Waals surface area contributed by atoms with Crippen molar-refractivity contribution in [1.82, 2.24) is 0 Å². The molecule has 0 amide bonds. The molecule has 0 spiro atoms. The second kappa shape index (κ2) is 5.89. The molecule has 0 bridgehead atoms. The van der Waals surface area contributed by atoms with E-state index in [1.807, 2.05) is 37.3 Å². The Kier molecular flexibility index (Phi) is 4.43. The molecular weight excluding hydrogens is 300 g/mol. The molecule has 0 aliphatic rings. The van der Waals surface area contributed by atoms with E-state index in [4.69, 9.17) is 0 Å². The maximum absolute atomic E-state index is 10.5. The highest BCUT2D eigenvalue weighted by atomic mass is 79.9. The van der Waals surface area contributed by atoms with Gasteiger partial charge in [-0.05, 0) is 35.6 Å². The number of hydrogen-bond acceptors (Lipinski definition) is 1. The van der Waals surface area contributed by atoms with Gasteiger partial charge >= 0.3 is 0 Å². The van der Waals surface area contributed by atoms with Crippen LogP contribution < -0.4 is 0 Å². The summed E-state index contributed by atoms with van der Waals surface area (Å²) in [5.41, 5.74) is 4.28. The largest absolute Gasteiger partial charge is 0.384 e. The van der Waals surface area contributed by atoms with E-state index < -0.39 is 6.10 Å². The van der Waals surface area contributed by atoms with Crippen molar-refractivity contribution in [2.45, 2.75) is 32.8 Å². The maximum Gasteiger partial charge on any atom is 0.105 e. The zero-order valence-electron chi connectivity index (χ0n) is 11.5. The Morgan fingerprint density at radius 2 is 1.53 bits per heavy atom. The van der Waals surface area contributed by atoms with Crippen LogP contribution in [0.1, 0.15) is 48.1 Å². The smallest absolute Gasteiger partial charge is 0.105 e. The van der Waals surface area contributed by atoms with E-state index in [9.17, 15) is 5.11 Å². The third-order valence-corrected chi connectivity index (χ3v) is 4.09. The van der Waals surface area contributed by atoms with E-state index in [1.54, 1.807) is 0 Å². The van der Waals surface area contributed by atoms with E-state index in [0.717, 1.165) is 21.2 Å². The van der Waals surface area contributed by atoms with Gasteiger partial charge < -0.3 is 5.11 Å². The first-order valence-corrected chi connectivity index (χ1v) is 7.32. The lowest BCUT2D eigenvalue weighted by atomic mass is 9.96. The van der Waals surface area contributed by atoms with Crippen LogP contribution >= 0.6 is 15.9 Å². The summed E-state index contributed by atoms with van der Waals surface area (Å²) < 4.78 is 0.943. The van der Waals surface area contributed by atoms with Crippen LogP contribution in [0.15, 0.2) is 46.9 Å². The molecule has 0 heterocycles. The fourth-order valence-electron chi connectivity index (χ4n) is 2.12. The Morgan fingerprint density at radius 1 is 0.947 bits per heavy atom. The van der Waals surface area contributed by atoms with E-state index in [0.29, 0.717) is 5.92 Å². The van der Waals surface area contributed by atoms with Gasteiger partial charge in [-0.3, -0.25) is 0 Å². The van der Waals surface area contributed by atoms with Gasteiger partial charge in [0.25, 0.3) is 0 Å². The first-order valence-electron chi connectivity index (χ1n) is 6.53. The van der Waals surface area contributed by atoms with Gasteiger partial charge in [0.15, 0.2) is 0 Å². The molecule has 0 saturated carbocycles. The van der Waals surface area contributed by atoms with Gasteiger partial charge in [0.1, 0.15) is 6.10 Å². The first kappa shape index (κ1) is 14.3. The molecule has 1 unspecified atom stereocenters. The second-order valence-corrected chi connectivity index (χ2v) is 6.10. The minimum atomic E-state index is -0.588. The lowest BCUT2D eigenvalue weighted by Crippen LogP contribution is -2.01. The summed E-state index contributed by atoms with van der Waals surface area (Å²) in [6.07, 6.45) is -0.588. The molecule has 0 aliphatic heterocycles. The minimum absolute atomic E-state index is 0.511. The van der Waals surface area contributed by atoms with Crippen molar-refractivity contribution >= 4 is 15.9 Å². The standard InChI is InChI=1S/C17H19BrO/c1-11(2)13-5-7-14(8-6-13)17(19)15-10-12(3)4-9-16(15)18/h4-11,17,19H,1-3H3. The van der Waals surface area contributed by atoms with Crippen LogP contribution in [0.5, 0.6) is 0 Å². The van der Waals surface area contributed by atoms with Crippen molar-refractivity contribution < 1.29 is 5.11 Å². The van der Waals surface area contributed by atoms with E-state index >= 15 is 0 Å². The van der Waals surface area contributed by atoms with Gasteiger partial charge in [0.05, 0.1) is 0 Å². The van der Waals surface area contributed by atoms with Crippen LogP contribution in [0.25, 0.3) is 0 Å². The molecule has 1 atom stereocenters. The monoisotopic (exact) mass is 318 g/mol. The van der Waals surface area contributed by atoms with Gasteiger partial charge in [-0.1, -0.05) is 71.7 Å². The quantitative estimate of drug-likeness (QED) is 0.847. The van der Waals surface area contributed by atoms with Gasteiger partial charge in [-0.25, -0.2) is 0 Å². The van der Waals surface area contributed by atoms with Crippen molar-refractivity contribution in [3.8, 4) is 0 Å². The number of halogens is 1. The zero-order chi connectivity index (χ0) is 14.0. The van der Waals surface area contributed by atoms with Crippen LogP contribution in [-0.2, 0) is 0 Å². The molecule has 1 nitrogen and oxygen atoms in total. The summed E-state index contributed by atoms with van der Waals surface area (Å²) in [6, 6.07) is 14.2. The molecular formula is C17H19BrO. The van der Waals surface area contributed by atoms with Crippen LogP contribution in [0.2, 0.25) is 0 Å². The highest BCUT2D eigenvalue weighted by Crippen LogP contribution is 2.30. The second-order valence-electron chi connectivity index (χ2n) is 5.25. The normalized spacial score (nSPS) is 12.7. The fourth-order valence-corrected chi connectivity index (χ4v) is 2.58. The molecule has 0 radical (unpaired) electrons. The first-order chi connectivity index (χ1) is 8.99. The Hall–Kier alpha value is -1.12. The third kappa shape index (κ3) is 3.26. The van der Waals surface area contributed by atoms with Crippen LogP contribution in [-0.4, -0.2) is 5.11 Å². The highest BCUT2D eigenvalue weighted by molar-refractivity contribution is 9.10. The summed E-state index contributed by atoms with van der Waals surface area (Å²) in [7, 11) is 0. The van der Waals surface area contributed by atoms with Crippen LogP contribution in [0.3, 0.4) is 0 Å². The average molecular weight is 319 g/mol. The predicted molar refractivity (Wildman–Crippen MR) is 83.5 cm³/mol. The number of aliphatic hydroxyl groups excluding tert-OH is 1. The van der Waals surface area contributed by atoms with Gasteiger partial charge in [0, 0.05) is 4.47 Å². The topological polar surface area (TPSA) is 20.2 Å². The van der Waals surface area contributed by atoms with Gasteiger partial charge in [-0.2, -0.15) is 0 Å². The van der Waals surface area contributed by atoms with E-state index in [1.165, 1.54) is 5.56 Å². The summed E-state index contributed by atoms with van der Waals surface area (Å²) >= 11 is 3.51. The average Bonchev–Trinajstić information content (AvgIpc) is 2.41. The Bertz CT molecular complexity index is 558. The molecule has 2 heteroatoms. The fraction of sp³-hybridized carbons (Fsp3) is 0.294. The lowest BCUT2D eigenvalue weighted by Gasteiger charge is -2.15. The molecule has 0 aliphatic carbocycles. The third-order valence-electron chi connectivity index (χ3n) is 3.36. The molecule has 100 valence electrons. The molecule has 19 heavy (non-hydrogen) atoms. The molecule has 2 rings (SSSR count). The molecule has 0 saturated heterocycles. The minimum Gasteiger partial charge on any atom is -0.384 e. The van der Waals surface area contributed by atoms with E-state index in [-0.39, 0.29) is 0 Å². The molecule has 1 N–H and O–H groups in total. The molecule has 0 aromatic heterocycles. The molecule has 0 fully saturated rings. The number of hydrogen-bond donors (Lipinski definition) is 1. The highest BCUT2D eigenvalue weighted by Gasteiger charge is 2.14. The Morgan fingerprint density at radius 3 is 2.11 bits per heavy atom. The van der Waals surface area contributed by atoms with Crippen molar-refractivity contribution in [2.24, 2.45) is 0 Å². The zero-order valence-corrected chi connectivity index (χ0v) is 13.1. The molecule has 2 aromatic rings. The van der Waals surface area contributed by atoms with Crippen molar-refractivity contribution in [3.63, 3.8) is 0 Å². The van der Waals surface area contributed by atoms with Crippen LogP contribution in [0, 0.1) is 6.92 Å². The van der Waals surface area contributed by atoms with Crippen molar-refractivity contribution in [3.05, 3.63) is 69.2 Å². The predicted octanol–water partition coefficient (Wildman–Crippen LogP) is 4.96. The van der Waals surface area contributed by atoms with Crippen LogP contribution in [0.4, 0.5) is 0 Å². The van der Waals surface area contributed by atoms with E-state index in [2.05, 4.69) is 41.9 Å². The summed E-state index contributed by atoms with van der Waals surface area (Å²) in [6.45, 7) is 6.37. The summed E-state index contributed by atoms with van der Waals surface area (Å²) in [5, 5.41) is 10.5. The number of benzene rings is 2. The number of rotatable bonds is 3. The van der Waals surface area contributed by atoms with Gasteiger partial charge in [0.2, 0.25) is 0 Å². The van der Waals surface area contributed by atoms with Crippen molar-refractivity contribution in [1.29, 1.82) is 0 Å². The summed E-state index contributed by atoms with van der Waals surface area (Å²) in [4.78, 5) is 0. The van der Waals surface area contributed by atoms with Crippen molar-refractivity contribution in [2.75, 3.05) is 0 Å². The SMILES string of the molecule is Cc1ccc(Br)c(C(O)c2ccc(C(C)C)cc2)c1. The Balaban J connectivity index is 2.33. The maximum atomic E-state index is 10.5. The Labute approximate surface area is 123 Å². The number of aliphatic hydroxyl groups is 1. The molecule has 2 aromatic carbocycles.